The summed E-state index contributed by atoms with van der Waals surface area (Å²) in [6, 6.07) is 7.59. The maximum atomic E-state index is 11.8. The number of carbonyl (C=O) groups excluding carboxylic acids is 2. The summed E-state index contributed by atoms with van der Waals surface area (Å²) in [5, 5.41) is 0. The zero-order valence-electron chi connectivity index (χ0n) is 15.7. The summed E-state index contributed by atoms with van der Waals surface area (Å²) in [5.41, 5.74) is 1.52. The van der Waals surface area contributed by atoms with Crippen LogP contribution in [-0.4, -0.2) is 31.6 Å². The highest BCUT2D eigenvalue weighted by molar-refractivity contribution is 5.87. The molecule has 0 spiro atoms. The second kappa shape index (κ2) is 10.7. The maximum Gasteiger partial charge on any atom is 0.333 e. The van der Waals surface area contributed by atoms with Crippen LogP contribution in [0.4, 0.5) is 0 Å². The van der Waals surface area contributed by atoms with E-state index in [1.165, 1.54) is 0 Å². The normalized spacial score (nSPS) is 13.9. The highest BCUT2D eigenvalue weighted by Crippen LogP contribution is 2.18. The first kappa shape index (κ1) is 20.9. The third-order valence-electron chi connectivity index (χ3n) is 4.08. The Morgan fingerprint density at radius 1 is 1.16 bits per heavy atom. The van der Waals surface area contributed by atoms with Crippen LogP contribution in [0.3, 0.4) is 0 Å². The lowest BCUT2D eigenvalue weighted by atomic mass is 9.97. The molecule has 0 aliphatic rings. The zero-order chi connectivity index (χ0) is 18.8. The van der Waals surface area contributed by atoms with E-state index >= 15 is 0 Å². The Morgan fingerprint density at radius 3 is 2.32 bits per heavy atom. The van der Waals surface area contributed by atoms with Gasteiger partial charge in [0.25, 0.3) is 0 Å². The number of methoxy groups -OCH3 is 1. The van der Waals surface area contributed by atoms with Crippen molar-refractivity contribution in [1.82, 2.24) is 0 Å². The van der Waals surface area contributed by atoms with Gasteiger partial charge in [0.05, 0.1) is 26.4 Å². The number of rotatable bonds is 10. The van der Waals surface area contributed by atoms with Crippen LogP contribution in [0.1, 0.15) is 39.7 Å². The molecule has 0 radical (unpaired) electrons. The first-order chi connectivity index (χ1) is 11.9. The second-order valence-electron chi connectivity index (χ2n) is 5.94. The van der Waals surface area contributed by atoms with Crippen LogP contribution in [0.5, 0.6) is 5.75 Å². The van der Waals surface area contributed by atoms with Crippen LogP contribution in [0.2, 0.25) is 0 Å². The van der Waals surface area contributed by atoms with E-state index in [9.17, 15) is 9.59 Å². The van der Waals surface area contributed by atoms with Crippen LogP contribution >= 0.6 is 0 Å². The number of ether oxygens (including phenoxy) is 3. The van der Waals surface area contributed by atoms with E-state index in [1.807, 2.05) is 31.2 Å². The average molecular weight is 348 g/mol. The lowest BCUT2D eigenvalue weighted by Crippen LogP contribution is -2.26. The van der Waals surface area contributed by atoms with Crippen molar-refractivity contribution in [3.8, 4) is 5.75 Å². The molecule has 0 fully saturated rings. The van der Waals surface area contributed by atoms with Gasteiger partial charge in [0.15, 0.2) is 0 Å². The summed E-state index contributed by atoms with van der Waals surface area (Å²) >= 11 is 0. The molecule has 0 saturated carbocycles. The molecule has 138 valence electrons. The van der Waals surface area contributed by atoms with Crippen molar-refractivity contribution in [2.75, 3.05) is 13.7 Å². The van der Waals surface area contributed by atoms with Gasteiger partial charge in [-0.2, -0.15) is 0 Å². The molecule has 0 aromatic heterocycles. The molecular weight excluding hydrogens is 320 g/mol. The lowest BCUT2D eigenvalue weighted by molar-refractivity contribution is -0.138. The smallest absolute Gasteiger partial charge is 0.333 e. The fourth-order valence-electron chi connectivity index (χ4n) is 2.22. The molecule has 0 unspecified atom stereocenters. The van der Waals surface area contributed by atoms with Crippen LogP contribution in [-0.2, 0) is 25.7 Å². The Labute approximate surface area is 150 Å². The molecule has 5 nitrogen and oxygen atoms in total. The Bertz CT molecular complexity index is 589. The quantitative estimate of drug-likeness (QED) is 0.476. The molecule has 0 saturated heterocycles. The largest absolute Gasteiger partial charge is 0.497 e. The van der Waals surface area contributed by atoms with Gasteiger partial charge in [0, 0.05) is 11.5 Å². The molecule has 1 aromatic carbocycles. The summed E-state index contributed by atoms with van der Waals surface area (Å²) < 4.78 is 16.1. The average Bonchev–Trinajstić information content (AvgIpc) is 2.61. The summed E-state index contributed by atoms with van der Waals surface area (Å²) in [5.74, 6) is 0.240. The second-order valence-corrected chi connectivity index (χ2v) is 5.94. The van der Waals surface area contributed by atoms with Gasteiger partial charge in [-0.1, -0.05) is 25.1 Å². The van der Waals surface area contributed by atoms with Crippen molar-refractivity contribution in [2.45, 2.75) is 46.8 Å². The van der Waals surface area contributed by atoms with Gasteiger partial charge in [-0.25, -0.2) is 4.79 Å². The molecular formula is C20H28O5. The Balaban J connectivity index is 2.74. The molecule has 0 heterocycles. The van der Waals surface area contributed by atoms with Crippen molar-refractivity contribution < 1.29 is 23.8 Å². The number of ketones is 1. The SMILES string of the molecule is CCOC(=O)/C(C)=C\C[C@H](OCc1ccc(OC)cc1)[C@H](C)C(C)=O. The van der Waals surface area contributed by atoms with Crippen molar-refractivity contribution in [3.63, 3.8) is 0 Å². The third-order valence-corrected chi connectivity index (χ3v) is 4.08. The summed E-state index contributed by atoms with van der Waals surface area (Å²) in [4.78, 5) is 23.4. The zero-order valence-corrected chi connectivity index (χ0v) is 15.7. The van der Waals surface area contributed by atoms with E-state index < -0.39 is 0 Å². The Hall–Kier alpha value is -2.14. The predicted molar refractivity (Wildman–Crippen MR) is 96.4 cm³/mol. The fourth-order valence-corrected chi connectivity index (χ4v) is 2.22. The first-order valence-electron chi connectivity index (χ1n) is 8.47. The molecule has 1 aromatic rings. The van der Waals surface area contributed by atoms with Crippen molar-refractivity contribution in [3.05, 3.63) is 41.5 Å². The molecule has 0 N–H and O–H groups in total. The molecule has 0 bridgehead atoms. The van der Waals surface area contributed by atoms with Gasteiger partial charge >= 0.3 is 5.97 Å². The van der Waals surface area contributed by atoms with E-state index in [0.29, 0.717) is 25.2 Å². The van der Waals surface area contributed by atoms with Crippen LogP contribution in [0.15, 0.2) is 35.9 Å². The van der Waals surface area contributed by atoms with Gasteiger partial charge in [0.2, 0.25) is 0 Å². The molecule has 2 atom stereocenters. The van der Waals surface area contributed by atoms with Crippen LogP contribution < -0.4 is 4.74 Å². The molecule has 25 heavy (non-hydrogen) atoms. The minimum Gasteiger partial charge on any atom is -0.497 e. The number of Topliss-reactive ketones (excluding diaryl/α,β-unsaturated/α-hetero) is 1. The topological polar surface area (TPSA) is 61.8 Å². The maximum absolute atomic E-state index is 11.8. The minimum atomic E-state index is -0.341. The highest BCUT2D eigenvalue weighted by atomic mass is 16.5. The number of hydrogen-bond donors (Lipinski definition) is 0. The van der Waals surface area contributed by atoms with E-state index in [1.54, 1.807) is 34.0 Å². The summed E-state index contributed by atoms with van der Waals surface area (Å²) in [7, 11) is 1.62. The summed E-state index contributed by atoms with van der Waals surface area (Å²) in [6.07, 6.45) is 1.95. The molecule has 5 heteroatoms. The number of esters is 1. The fraction of sp³-hybridized carbons (Fsp3) is 0.500. The third kappa shape index (κ3) is 7.10. The van der Waals surface area contributed by atoms with E-state index in [2.05, 4.69) is 0 Å². The Morgan fingerprint density at radius 2 is 1.80 bits per heavy atom. The molecule has 0 aliphatic heterocycles. The van der Waals surface area contributed by atoms with E-state index in [0.717, 1.165) is 11.3 Å². The van der Waals surface area contributed by atoms with Gasteiger partial charge in [0.1, 0.15) is 11.5 Å². The van der Waals surface area contributed by atoms with E-state index in [-0.39, 0.29) is 23.8 Å². The van der Waals surface area contributed by atoms with Crippen molar-refractivity contribution in [2.24, 2.45) is 5.92 Å². The lowest BCUT2D eigenvalue weighted by Gasteiger charge is -2.22. The van der Waals surface area contributed by atoms with E-state index in [4.69, 9.17) is 14.2 Å². The molecule has 0 amide bonds. The van der Waals surface area contributed by atoms with Crippen LogP contribution in [0, 0.1) is 5.92 Å². The Kier molecular flexibility index (Phi) is 8.92. The van der Waals surface area contributed by atoms with Gasteiger partial charge in [-0.3, -0.25) is 4.79 Å². The van der Waals surface area contributed by atoms with Gasteiger partial charge < -0.3 is 14.2 Å². The number of benzene rings is 1. The first-order valence-corrected chi connectivity index (χ1v) is 8.47. The van der Waals surface area contributed by atoms with Crippen LogP contribution in [0.25, 0.3) is 0 Å². The van der Waals surface area contributed by atoms with Gasteiger partial charge in [-0.05, 0) is 44.9 Å². The summed E-state index contributed by atoms with van der Waals surface area (Å²) in [6.45, 7) is 7.59. The molecule has 0 aliphatic carbocycles. The van der Waals surface area contributed by atoms with Crippen molar-refractivity contribution >= 4 is 11.8 Å². The standard InChI is InChI=1S/C20H28O5/c1-6-24-20(22)14(2)7-12-19(15(3)16(4)21)25-13-17-8-10-18(23-5)11-9-17/h7-11,15,19H,6,12-13H2,1-5H3/b14-7-/t15-,19+/m1/s1. The minimum absolute atomic E-state index is 0.0573. The predicted octanol–water partition coefficient (Wildman–Crippen LogP) is 3.71. The van der Waals surface area contributed by atoms with Crippen molar-refractivity contribution in [1.29, 1.82) is 0 Å². The monoisotopic (exact) mass is 348 g/mol. The number of hydrogen-bond acceptors (Lipinski definition) is 5. The molecule has 1 rings (SSSR count). The highest BCUT2D eigenvalue weighted by Gasteiger charge is 2.21. The number of carbonyl (C=O) groups is 2. The van der Waals surface area contributed by atoms with Gasteiger partial charge in [-0.15, -0.1) is 0 Å².